The number of aliphatic hydroxyl groups is 2. The molecule has 274 valence electrons. The van der Waals surface area contributed by atoms with E-state index in [1.54, 1.807) is 26.8 Å². The molecule has 50 heavy (non-hydrogen) atoms. The minimum absolute atomic E-state index is 0.0817. The first-order chi connectivity index (χ1) is 23.2. The molecule has 5 aliphatic rings. The Balaban J connectivity index is 1.71. The minimum atomic E-state index is -2.24. The zero-order valence-corrected chi connectivity index (χ0v) is 29.3. The van der Waals surface area contributed by atoms with Gasteiger partial charge >= 0.3 is 35.8 Å². The molecule has 2 N–H and O–H groups in total. The second-order valence-electron chi connectivity index (χ2n) is 15.3. The van der Waals surface area contributed by atoms with Crippen LogP contribution >= 0.6 is 0 Å². The van der Waals surface area contributed by atoms with Gasteiger partial charge in [-0.15, -0.1) is 0 Å². The van der Waals surface area contributed by atoms with Crippen LogP contribution in [0.1, 0.15) is 79.4 Å². The van der Waals surface area contributed by atoms with Crippen LogP contribution in [0.5, 0.6) is 0 Å². The first kappa shape index (κ1) is 35.8. The smallest absolute Gasteiger partial charge is 0.335 e. The molecule has 0 amide bonds. The van der Waals surface area contributed by atoms with E-state index < -0.39 is 124 Å². The van der Waals surface area contributed by atoms with Gasteiger partial charge in [-0.05, 0) is 18.9 Å². The Morgan fingerprint density at radius 2 is 1.54 bits per heavy atom. The summed E-state index contributed by atoms with van der Waals surface area (Å²) in [7, 11) is 1.10. The van der Waals surface area contributed by atoms with Crippen LogP contribution in [0.25, 0.3) is 0 Å². The molecule has 4 saturated carbocycles. The summed E-state index contributed by atoms with van der Waals surface area (Å²) < 4.78 is 40.7. The highest BCUT2D eigenvalue weighted by Gasteiger charge is 2.91. The second-order valence-corrected chi connectivity index (χ2v) is 15.3. The van der Waals surface area contributed by atoms with Crippen LogP contribution in [0.2, 0.25) is 0 Å². The van der Waals surface area contributed by atoms with Gasteiger partial charge in [0.2, 0.25) is 0 Å². The van der Waals surface area contributed by atoms with E-state index >= 15 is 0 Å². The summed E-state index contributed by atoms with van der Waals surface area (Å²) in [5, 5.41) is 25.6. The van der Waals surface area contributed by atoms with Gasteiger partial charge in [0.1, 0.15) is 35.6 Å². The molecule has 2 heterocycles. The fourth-order valence-electron chi connectivity index (χ4n) is 11.8. The highest BCUT2D eigenvalue weighted by atomic mass is 16.6. The number of rotatable bonds is 7. The van der Waals surface area contributed by atoms with Crippen LogP contribution in [0.4, 0.5) is 0 Å². The topological polar surface area (TPSA) is 211 Å². The van der Waals surface area contributed by atoms with Crippen LogP contribution in [-0.2, 0) is 57.2 Å². The number of hydrogen-bond acceptors (Lipinski definition) is 15. The Kier molecular flexibility index (Phi) is 8.26. The maximum absolute atomic E-state index is 13.7. The summed E-state index contributed by atoms with van der Waals surface area (Å²) in [4.78, 5) is 78.7. The summed E-state index contributed by atoms with van der Waals surface area (Å²) in [5.74, 6) is -9.62. The molecule has 6 rings (SSSR count). The Morgan fingerprint density at radius 1 is 0.920 bits per heavy atom. The van der Waals surface area contributed by atoms with Gasteiger partial charge in [0.25, 0.3) is 0 Å². The van der Waals surface area contributed by atoms with Crippen LogP contribution in [0.15, 0.2) is 23.0 Å². The second kappa shape index (κ2) is 11.5. The fourth-order valence-corrected chi connectivity index (χ4v) is 11.8. The average Bonchev–Trinajstić information content (AvgIpc) is 3.67. The molecule has 14 atom stereocenters. The van der Waals surface area contributed by atoms with Crippen LogP contribution in [0, 0.1) is 39.9 Å². The number of methoxy groups -OCH3 is 1. The molecule has 5 fully saturated rings. The van der Waals surface area contributed by atoms with E-state index in [1.165, 1.54) is 26.4 Å². The number of ether oxygens (including phenoxy) is 6. The molecule has 1 saturated heterocycles. The summed E-state index contributed by atoms with van der Waals surface area (Å²) in [6.07, 6.45) is -4.92. The molecule has 0 aromatic carbocycles. The summed E-state index contributed by atoms with van der Waals surface area (Å²) in [5.41, 5.74) is -7.89. The number of esters is 6. The van der Waals surface area contributed by atoms with Crippen molar-refractivity contribution in [1.29, 1.82) is 0 Å². The van der Waals surface area contributed by atoms with Gasteiger partial charge in [0.05, 0.1) is 37.4 Å². The predicted octanol–water partition coefficient (Wildman–Crippen LogP) is 1.95. The van der Waals surface area contributed by atoms with Crippen molar-refractivity contribution in [3.63, 3.8) is 0 Å². The lowest BCUT2D eigenvalue weighted by Crippen LogP contribution is -2.83. The molecule has 0 unspecified atom stereocenters. The summed E-state index contributed by atoms with van der Waals surface area (Å²) in [6.45, 7) is 9.73. The third-order valence-electron chi connectivity index (χ3n) is 13.0. The van der Waals surface area contributed by atoms with Crippen LogP contribution in [0.3, 0.4) is 0 Å². The number of hydrogen-bond donors (Lipinski definition) is 2. The van der Waals surface area contributed by atoms with Crippen molar-refractivity contribution in [2.45, 2.75) is 109 Å². The van der Waals surface area contributed by atoms with E-state index in [1.807, 2.05) is 0 Å². The van der Waals surface area contributed by atoms with Crippen molar-refractivity contribution in [2.24, 2.45) is 39.9 Å². The number of carbonyl (C=O) groups excluding carboxylic acids is 6. The van der Waals surface area contributed by atoms with E-state index in [0.717, 1.165) is 21.0 Å². The third kappa shape index (κ3) is 4.47. The maximum Gasteiger partial charge on any atom is 0.335 e. The SMILES string of the molecule is COC(=O)[C@@H](O)[C@H]1[C@]2(C)C[C@]3(OC(C)=O)[C@@H]([C@H]2OC(C)=O)[C@@H](OC(C)=O)[C@]2(O)[C@@H]4CC(=O)O[C@@H](c5ccoc5)[C@]4(C)[C@@H](OC(C)=O)C[C@@H]2[C@]13C. The van der Waals surface area contributed by atoms with Crippen molar-refractivity contribution >= 4 is 35.8 Å². The quantitative estimate of drug-likeness (QED) is 0.307. The standard InChI is InChI=1S/C35H44O15/c1-15(36)46-22-11-21-33(7)26(25(41)30(42)44-8)31(5)14-34(33,50-18(4)39)24(28(31)47-16(2)37)29(48-17(3)38)35(21,43)20-12-23(40)49-27(32(20,22)6)19-9-10-45-13-19/h9-10,13,20-22,24-29,41,43H,11-12,14H2,1-8H3/t20-,21-,22+,24+,25+,26+,27+,28-,29-,31+,32+,33-,34+,35+/m1/s1. The summed E-state index contributed by atoms with van der Waals surface area (Å²) in [6, 6.07) is 1.58. The third-order valence-corrected chi connectivity index (χ3v) is 13.0. The number of cyclic esters (lactones) is 1. The van der Waals surface area contributed by atoms with Crippen LogP contribution < -0.4 is 0 Å². The molecule has 1 aromatic heterocycles. The molecule has 15 nitrogen and oxygen atoms in total. The molecular weight excluding hydrogens is 660 g/mol. The van der Waals surface area contributed by atoms with Gasteiger partial charge in [-0.25, -0.2) is 4.79 Å². The molecule has 15 heteroatoms. The zero-order valence-electron chi connectivity index (χ0n) is 29.3. The van der Waals surface area contributed by atoms with Gasteiger partial charge in [0, 0.05) is 61.8 Å². The van der Waals surface area contributed by atoms with E-state index in [0.29, 0.717) is 5.56 Å². The van der Waals surface area contributed by atoms with Crippen molar-refractivity contribution in [3.8, 4) is 0 Å². The average molecular weight is 705 g/mol. The van der Waals surface area contributed by atoms with Crippen molar-refractivity contribution in [2.75, 3.05) is 7.11 Å². The highest BCUT2D eigenvalue weighted by Crippen LogP contribution is 2.82. The first-order valence-electron chi connectivity index (χ1n) is 16.7. The normalized spacial score (nSPS) is 44.5. The van der Waals surface area contributed by atoms with Gasteiger partial charge in [-0.1, -0.05) is 20.8 Å². The van der Waals surface area contributed by atoms with E-state index in [9.17, 15) is 39.0 Å². The zero-order chi connectivity index (χ0) is 36.9. The lowest BCUT2D eigenvalue weighted by molar-refractivity contribution is -0.369. The van der Waals surface area contributed by atoms with Gasteiger partial charge in [-0.2, -0.15) is 0 Å². The Bertz CT molecular complexity index is 1620. The largest absolute Gasteiger partial charge is 0.472 e. The van der Waals surface area contributed by atoms with E-state index in [4.69, 9.17) is 32.8 Å². The molecule has 4 aliphatic carbocycles. The molecule has 0 spiro atoms. The monoisotopic (exact) mass is 704 g/mol. The number of furan rings is 1. The Morgan fingerprint density at radius 3 is 2.08 bits per heavy atom. The highest BCUT2D eigenvalue weighted by molar-refractivity contribution is 5.76. The first-order valence-corrected chi connectivity index (χ1v) is 16.7. The van der Waals surface area contributed by atoms with Crippen molar-refractivity contribution in [3.05, 3.63) is 24.2 Å². The maximum atomic E-state index is 13.7. The molecule has 1 aromatic rings. The lowest BCUT2D eigenvalue weighted by Gasteiger charge is -2.73. The predicted molar refractivity (Wildman–Crippen MR) is 164 cm³/mol. The van der Waals surface area contributed by atoms with Crippen molar-refractivity contribution < 1.29 is 71.8 Å². The van der Waals surface area contributed by atoms with Gasteiger partial charge in [-0.3, -0.25) is 24.0 Å². The number of carbonyl (C=O) groups is 6. The van der Waals surface area contributed by atoms with E-state index in [-0.39, 0.29) is 12.8 Å². The Labute approximate surface area is 288 Å². The molecule has 1 aliphatic heterocycles. The molecule has 0 radical (unpaired) electrons. The summed E-state index contributed by atoms with van der Waals surface area (Å²) >= 11 is 0. The van der Waals surface area contributed by atoms with E-state index in [2.05, 4.69) is 0 Å². The Hall–Kier alpha value is -3.98. The number of aliphatic hydroxyl groups excluding tert-OH is 1. The minimum Gasteiger partial charge on any atom is -0.472 e. The van der Waals surface area contributed by atoms with Gasteiger partial charge < -0.3 is 43.1 Å². The number of fused-ring (bicyclic) bond motifs is 5. The molecule has 2 bridgehead atoms. The lowest BCUT2D eigenvalue weighted by atomic mass is 9.35. The van der Waals surface area contributed by atoms with Crippen LogP contribution in [-0.4, -0.2) is 88.8 Å². The van der Waals surface area contributed by atoms with Gasteiger partial charge in [0.15, 0.2) is 6.10 Å². The van der Waals surface area contributed by atoms with Crippen molar-refractivity contribution in [1.82, 2.24) is 0 Å². The fraction of sp³-hybridized carbons (Fsp3) is 0.714. The molecular formula is C35H44O15.